The van der Waals surface area contributed by atoms with Crippen LogP contribution < -0.4 is 23.2 Å². The number of nitrogens with zero attached hydrogens (tertiary/aromatic N) is 1. The van der Waals surface area contributed by atoms with Crippen molar-refractivity contribution in [3.8, 4) is 5.75 Å². The Balaban J connectivity index is 1.11. The molecule has 3 atom stereocenters. The third kappa shape index (κ3) is 6.33. The number of ether oxygens (including phenoxy) is 2. The van der Waals surface area contributed by atoms with E-state index in [1.807, 2.05) is 32.0 Å². The molecule has 46 heavy (non-hydrogen) atoms. The van der Waals surface area contributed by atoms with Crippen LogP contribution in [0, 0.1) is 0 Å². The van der Waals surface area contributed by atoms with Crippen LogP contribution in [0.1, 0.15) is 20.3 Å². The summed E-state index contributed by atoms with van der Waals surface area (Å²) in [6.45, 7) is 3.97. The summed E-state index contributed by atoms with van der Waals surface area (Å²) < 4.78 is 15.0. The number of fused-ring (bicyclic) bond motifs is 1. The summed E-state index contributed by atoms with van der Waals surface area (Å²) in [5.41, 5.74) is 0. The number of hydrogen-bond acceptors (Lipinski definition) is 6. The summed E-state index contributed by atoms with van der Waals surface area (Å²) in [6.07, 6.45) is 0.697. The molecule has 0 radical (unpaired) electrons. The molecule has 0 saturated carbocycles. The summed E-state index contributed by atoms with van der Waals surface area (Å²) in [7, 11) is 0. The Morgan fingerprint density at radius 1 is 0.804 bits per heavy atom. The van der Waals surface area contributed by atoms with E-state index in [4.69, 9.17) is 9.47 Å². The molecule has 4 aromatic carbocycles. The van der Waals surface area contributed by atoms with Gasteiger partial charge in [0.05, 0.1) is 0 Å². The second-order valence-electron chi connectivity index (χ2n) is 12.2. The van der Waals surface area contributed by atoms with Crippen LogP contribution >= 0.6 is 11.8 Å². The zero-order chi connectivity index (χ0) is 32.1. The van der Waals surface area contributed by atoms with Crippen LogP contribution in [0.2, 0.25) is 5.25 Å². The van der Waals surface area contributed by atoms with Crippen molar-refractivity contribution < 1.29 is 23.9 Å². The predicted octanol–water partition coefficient (Wildman–Crippen LogP) is 3.72. The van der Waals surface area contributed by atoms with Crippen LogP contribution in [0.25, 0.3) is 0 Å². The van der Waals surface area contributed by atoms with E-state index in [1.165, 1.54) is 24.9 Å². The number of benzene rings is 4. The Morgan fingerprint density at radius 2 is 1.30 bits per heavy atom. The molecule has 2 saturated heterocycles. The fourth-order valence-electron chi connectivity index (χ4n) is 6.70. The minimum absolute atomic E-state index is 0.194. The Labute approximate surface area is 277 Å². The fourth-order valence-corrected chi connectivity index (χ4v) is 18.4. The summed E-state index contributed by atoms with van der Waals surface area (Å²) in [6, 6.07) is 39.8. The maximum absolute atomic E-state index is 13.6. The molecule has 0 aromatic heterocycles. The molecule has 2 aliphatic rings. The molecule has 0 aliphatic carbocycles. The number of para-hydroxylation sites is 1. The van der Waals surface area contributed by atoms with Crippen molar-refractivity contribution in [1.82, 2.24) is 10.2 Å². The normalized spacial score (nSPS) is 19.9. The number of amides is 2. The van der Waals surface area contributed by atoms with Gasteiger partial charge in [0.15, 0.2) is 0 Å². The molecule has 7 nitrogen and oxygen atoms in total. The topological polar surface area (TPSA) is 84.9 Å². The number of carbonyl (C=O) groups excluding carboxylic acids is 3. The van der Waals surface area contributed by atoms with E-state index < -0.39 is 36.1 Å². The average molecular weight is 695 g/mol. The summed E-state index contributed by atoms with van der Waals surface area (Å²) >= 11 is -1.63. The van der Waals surface area contributed by atoms with Gasteiger partial charge in [0.25, 0.3) is 0 Å². The number of nitrogens with one attached hydrogen (secondary N) is 1. The van der Waals surface area contributed by atoms with Crippen molar-refractivity contribution >= 4 is 56.0 Å². The fraction of sp³-hybridized carbons (Fsp3) is 0.270. The van der Waals surface area contributed by atoms with E-state index in [-0.39, 0.29) is 30.4 Å². The van der Waals surface area contributed by atoms with Gasteiger partial charge in [-0.05, 0) is 12.1 Å². The van der Waals surface area contributed by atoms with Crippen LogP contribution in [0.4, 0.5) is 0 Å². The monoisotopic (exact) mass is 696 g/mol. The number of esters is 1. The molecule has 236 valence electrons. The van der Waals surface area contributed by atoms with Gasteiger partial charge in [-0.2, -0.15) is 0 Å². The number of carbonyl (C=O) groups is 3. The second kappa shape index (κ2) is 13.8. The zero-order valence-corrected chi connectivity index (χ0v) is 28.9. The first kappa shape index (κ1) is 31.9. The minimum atomic E-state index is -3.15. The van der Waals surface area contributed by atoms with Gasteiger partial charge in [-0.15, -0.1) is 0 Å². The molecule has 0 spiro atoms. The Bertz CT molecular complexity index is 1560. The quantitative estimate of drug-likeness (QED) is 0.105. The molecule has 9 heteroatoms. The standard InChI is InChI=1S/C37H38GeN2O5S/c1-37(2)33(40-34(42)32(35(40)46-37)39-31(41)26-45-30-22-13-6-14-23-30)36(43)44-25-15-24-38(27-16-7-3-8-17-27,28-18-9-4-10-19-28)29-20-11-5-12-21-29/h3-14,16-23,32-33,35H,15,24-26H2,1-2H3,(H,39,41). The van der Waals surface area contributed by atoms with E-state index in [1.54, 1.807) is 17.0 Å². The van der Waals surface area contributed by atoms with Crippen LogP contribution in [0.3, 0.4) is 0 Å². The molecule has 0 bridgehead atoms. The van der Waals surface area contributed by atoms with Gasteiger partial charge in [-0.3, -0.25) is 0 Å². The predicted molar refractivity (Wildman–Crippen MR) is 184 cm³/mol. The van der Waals surface area contributed by atoms with E-state index in [9.17, 15) is 14.4 Å². The Kier molecular flexibility index (Phi) is 9.56. The number of hydrogen-bond donors (Lipinski definition) is 1. The van der Waals surface area contributed by atoms with Crippen LogP contribution in [0.5, 0.6) is 5.75 Å². The van der Waals surface area contributed by atoms with Gasteiger partial charge in [0, 0.05) is 0 Å². The molecule has 1 N–H and O–H groups in total. The first-order valence-corrected chi connectivity index (χ1v) is 21.1. The summed E-state index contributed by atoms with van der Waals surface area (Å²) in [5.74, 6) is -0.474. The molecule has 2 amide bonds. The van der Waals surface area contributed by atoms with Gasteiger partial charge < -0.3 is 4.74 Å². The van der Waals surface area contributed by atoms with Crippen molar-refractivity contribution in [2.75, 3.05) is 13.2 Å². The number of thioether (sulfide) groups is 1. The SMILES string of the molecule is CC1(C)SC2C(NC(=O)COc3ccccc3)C(=O)N2C1C(=O)OCC[CH2][Ge]([c]1ccccc1)([c]1ccccc1)[c]1ccccc1. The van der Waals surface area contributed by atoms with Crippen molar-refractivity contribution in [1.29, 1.82) is 0 Å². The molecular formula is C37H38GeN2O5S. The molecule has 3 unspecified atom stereocenters. The Morgan fingerprint density at radius 3 is 1.83 bits per heavy atom. The summed E-state index contributed by atoms with van der Waals surface area (Å²) in [4.78, 5) is 41.0. The van der Waals surface area contributed by atoms with Gasteiger partial charge in [0.1, 0.15) is 5.75 Å². The van der Waals surface area contributed by atoms with Gasteiger partial charge in [0.2, 0.25) is 0 Å². The Hall–Kier alpha value is -4.02. The van der Waals surface area contributed by atoms with Crippen molar-refractivity contribution in [2.45, 2.75) is 47.7 Å². The van der Waals surface area contributed by atoms with Crippen LogP contribution in [-0.4, -0.2) is 71.4 Å². The zero-order valence-electron chi connectivity index (χ0n) is 26.0. The van der Waals surface area contributed by atoms with Crippen LogP contribution in [-0.2, 0) is 19.1 Å². The average Bonchev–Trinajstić information content (AvgIpc) is 3.35. The van der Waals surface area contributed by atoms with Crippen LogP contribution in [0.15, 0.2) is 121 Å². The van der Waals surface area contributed by atoms with Gasteiger partial charge in [-0.1, -0.05) is 18.2 Å². The molecule has 6 rings (SSSR count). The molecular weight excluding hydrogens is 657 g/mol. The molecule has 2 heterocycles. The number of β-lactam (4-membered cyclic amide) rings is 1. The van der Waals surface area contributed by atoms with E-state index >= 15 is 0 Å². The first-order chi connectivity index (χ1) is 22.3. The van der Waals surface area contributed by atoms with E-state index in [2.05, 4.69) is 96.3 Å². The van der Waals surface area contributed by atoms with Gasteiger partial charge >= 0.3 is 237 Å². The second-order valence-corrected chi connectivity index (χ2v) is 22.4. The van der Waals surface area contributed by atoms with Crippen molar-refractivity contribution in [3.63, 3.8) is 0 Å². The van der Waals surface area contributed by atoms with Crippen molar-refractivity contribution in [2.24, 2.45) is 0 Å². The third-order valence-electron chi connectivity index (χ3n) is 8.83. The third-order valence-corrected chi connectivity index (χ3v) is 21.0. The van der Waals surface area contributed by atoms with Crippen molar-refractivity contribution in [3.05, 3.63) is 121 Å². The van der Waals surface area contributed by atoms with E-state index in [0.29, 0.717) is 12.2 Å². The van der Waals surface area contributed by atoms with E-state index in [0.717, 1.165) is 5.25 Å². The molecule has 4 aromatic rings. The molecule has 2 aliphatic heterocycles. The first-order valence-electron chi connectivity index (χ1n) is 15.6. The number of rotatable bonds is 12. The molecule has 2 fully saturated rings. The maximum atomic E-state index is 13.6. The summed E-state index contributed by atoms with van der Waals surface area (Å²) in [5, 5.41) is 3.36. The van der Waals surface area contributed by atoms with Gasteiger partial charge in [-0.25, -0.2) is 0 Å².